The molecule has 2 aromatic rings. The van der Waals surface area contributed by atoms with E-state index >= 15 is 0 Å². The van der Waals surface area contributed by atoms with Crippen LogP contribution >= 0.6 is 27.5 Å². The molecule has 1 aliphatic carbocycles. The molecule has 5 heteroatoms. The van der Waals surface area contributed by atoms with Crippen LogP contribution in [0.25, 0.3) is 0 Å². The zero-order chi connectivity index (χ0) is 14.3. The van der Waals surface area contributed by atoms with Gasteiger partial charge in [-0.15, -0.1) is 0 Å². The van der Waals surface area contributed by atoms with Crippen LogP contribution in [0.15, 0.2) is 34.8 Å². The van der Waals surface area contributed by atoms with Crippen LogP contribution in [0.2, 0.25) is 5.02 Å². The van der Waals surface area contributed by atoms with Crippen LogP contribution in [0.1, 0.15) is 23.6 Å². The van der Waals surface area contributed by atoms with Gasteiger partial charge in [0, 0.05) is 10.5 Å². The minimum atomic E-state index is -0.672. The van der Waals surface area contributed by atoms with Crippen molar-refractivity contribution in [3.63, 3.8) is 0 Å². The molecule has 3 rings (SSSR count). The lowest BCUT2D eigenvalue weighted by Crippen LogP contribution is -2.09. The smallest absolute Gasteiger partial charge is 0.150 e. The average molecular weight is 359 g/mol. The molecule has 2 aromatic carbocycles. The van der Waals surface area contributed by atoms with E-state index < -0.39 is 11.6 Å². The first-order valence-electron chi connectivity index (χ1n) is 6.24. The highest BCUT2D eigenvalue weighted by molar-refractivity contribution is 9.10. The van der Waals surface area contributed by atoms with Gasteiger partial charge in [0.2, 0.25) is 0 Å². The maximum Gasteiger partial charge on any atom is 0.150 e. The minimum absolute atomic E-state index is 0.00411. The summed E-state index contributed by atoms with van der Waals surface area (Å²) in [5.74, 6) is -1.34. The summed E-state index contributed by atoms with van der Waals surface area (Å²) < 4.78 is 27.9. The Hall–Kier alpha value is -1.13. The van der Waals surface area contributed by atoms with Crippen LogP contribution in [-0.2, 0) is 6.42 Å². The van der Waals surface area contributed by atoms with Crippen molar-refractivity contribution in [3.05, 3.63) is 62.6 Å². The number of rotatable bonds is 2. The van der Waals surface area contributed by atoms with Gasteiger partial charge in [0.25, 0.3) is 0 Å². The van der Waals surface area contributed by atoms with Crippen molar-refractivity contribution in [1.29, 1.82) is 0 Å². The first-order chi connectivity index (χ1) is 9.54. The Bertz CT molecular complexity index is 652. The van der Waals surface area contributed by atoms with Gasteiger partial charge >= 0.3 is 0 Å². The number of aryl methyl sites for hydroxylation is 1. The van der Waals surface area contributed by atoms with E-state index in [9.17, 15) is 8.78 Å². The van der Waals surface area contributed by atoms with Crippen LogP contribution < -0.4 is 5.32 Å². The summed E-state index contributed by atoms with van der Waals surface area (Å²) in [5, 5.41) is 3.15. The molecule has 1 nitrogen and oxygen atoms in total. The van der Waals surface area contributed by atoms with Crippen LogP contribution in [0, 0.1) is 11.6 Å². The first kappa shape index (κ1) is 13.8. The zero-order valence-electron chi connectivity index (χ0n) is 10.4. The van der Waals surface area contributed by atoms with Gasteiger partial charge in [0.15, 0.2) is 5.82 Å². The van der Waals surface area contributed by atoms with Gasteiger partial charge in [-0.1, -0.05) is 33.6 Å². The summed E-state index contributed by atoms with van der Waals surface area (Å²) in [6.45, 7) is 0. The molecule has 0 saturated carbocycles. The second kappa shape index (κ2) is 5.34. The molecule has 1 atom stereocenters. The Morgan fingerprint density at radius 1 is 1.20 bits per heavy atom. The minimum Gasteiger partial charge on any atom is -0.375 e. The Balaban J connectivity index is 1.91. The fraction of sp³-hybridized carbons (Fsp3) is 0.200. The quantitative estimate of drug-likeness (QED) is 0.749. The lowest BCUT2D eigenvalue weighted by molar-refractivity contribution is 0.583. The van der Waals surface area contributed by atoms with Crippen molar-refractivity contribution >= 4 is 33.2 Å². The lowest BCUT2D eigenvalue weighted by atomic mass is 10.1. The molecule has 0 amide bonds. The average Bonchev–Trinajstić information content (AvgIpc) is 2.76. The lowest BCUT2D eigenvalue weighted by Gasteiger charge is -2.17. The van der Waals surface area contributed by atoms with Gasteiger partial charge in [0.1, 0.15) is 5.82 Å². The topological polar surface area (TPSA) is 12.0 Å². The predicted octanol–water partition coefficient (Wildman–Crippen LogP) is 5.48. The van der Waals surface area contributed by atoms with E-state index in [4.69, 9.17) is 11.6 Å². The summed E-state index contributed by atoms with van der Waals surface area (Å²) in [7, 11) is 0. The monoisotopic (exact) mass is 357 g/mol. The van der Waals surface area contributed by atoms with Crippen molar-refractivity contribution in [2.75, 3.05) is 5.32 Å². The summed E-state index contributed by atoms with van der Waals surface area (Å²) >= 11 is 9.36. The van der Waals surface area contributed by atoms with E-state index in [1.165, 1.54) is 5.56 Å². The number of nitrogens with one attached hydrogen (secondary N) is 1. The predicted molar refractivity (Wildman–Crippen MR) is 80.2 cm³/mol. The van der Waals surface area contributed by atoms with Crippen LogP contribution in [0.5, 0.6) is 0 Å². The zero-order valence-corrected chi connectivity index (χ0v) is 12.7. The standard InChI is InChI=1S/C15H11BrClF2N/c16-9-2-3-11-8(5-9)1-4-14(11)20-15-12(17)6-10(18)7-13(15)19/h2-3,5-7,14,20H,1,4H2. The molecule has 104 valence electrons. The molecule has 20 heavy (non-hydrogen) atoms. The van der Waals surface area contributed by atoms with Gasteiger partial charge in [-0.3, -0.25) is 0 Å². The Labute approximate surface area is 129 Å². The summed E-state index contributed by atoms with van der Waals surface area (Å²) in [4.78, 5) is 0. The molecule has 0 radical (unpaired) electrons. The molecule has 1 unspecified atom stereocenters. The van der Waals surface area contributed by atoms with Crippen molar-refractivity contribution in [1.82, 2.24) is 0 Å². The highest BCUT2D eigenvalue weighted by atomic mass is 79.9. The summed E-state index contributed by atoms with van der Waals surface area (Å²) in [5.41, 5.74) is 2.53. The molecule has 0 heterocycles. The van der Waals surface area contributed by atoms with E-state index in [0.29, 0.717) is 0 Å². The molecule has 0 spiro atoms. The third-order valence-corrected chi connectivity index (χ3v) is 4.30. The molecule has 0 fully saturated rings. The number of hydrogen-bond donors (Lipinski definition) is 1. The first-order valence-corrected chi connectivity index (χ1v) is 7.41. The summed E-state index contributed by atoms with van der Waals surface area (Å²) in [6, 6.07) is 7.99. The molecule has 0 bridgehead atoms. The number of hydrogen-bond acceptors (Lipinski definition) is 1. The van der Waals surface area contributed by atoms with E-state index in [-0.39, 0.29) is 16.8 Å². The number of anilines is 1. The van der Waals surface area contributed by atoms with Crippen LogP contribution in [0.4, 0.5) is 14.5 Å². The largest absolute Gasteiger partial charge is 0.375 e. The van der Waals surface area contributed by atoms with Gasteiger partial charge < -0.3 is 5.32 Å². The fourth-order valence-corrected chi connectivity index (χ4v) is 3.25. The van der Waals surface area contributed by atoms with E-state index in [0.717, 1.165) is 35.0 Å². The number of benzene rings is 2. The second-order valence-corrected chi connectivity index (χ2v) is 6.15. The van der Waals surface area contributed by atoms with E-state index in [1.807, 2.05) is 12.1 Å². The van der Waals surface area contributed by atoms with Crippen LogP contribution in [0.3, 0.4) is 0 Å². The fourth-order valence-electron chi connectivity index (χ4n) is 2.59. The highest BCUT2D eigenvalue weighted by Gasteiger charge is 2.24. The molecule has 1 aliphatic rings. The normalized spacial score (nSPS) is 17.1. The number of fused-ring (bicyclic) bond motifs is 1. The molecular formula is C15H11BrClF2N. The highest BCUT2D eigenvalue weighted by Crippen LogP contribution is 2.37. The van der Waals surface area contributed by atoms with Crippen molar-refractivity contribution in [2.24, 2.45) is 0 Å². The third kappa shape index (κ3) is 2.54. The Morgan fingerprint density at radius 2 is 2.00 bits per heavy atom. The van der Waals surface area contributed by atoms with Crippen molar-refractivity contribution < 1.29 is 8.78 Å². The van der Waals surface area contributed by atoms with Crippen LogP contribution in [-0.4, -0.2) is 0 Å². The maximum atomic E-state index is 13.8. The second-order valence-electron chi connectivity index (χ2n) is 4.82. The van der Waals surface area contributed by atoms with E-state index in [2.05, 4.69) is 27.3 Å². The SMILES string of the molecule is Fc1cc(F)c(NC2CCc3cc(Br)ccc32)c(Cl)c1. The van der Waals surface area contributed by atoms with E-state index in [1.54, 1.807) is 0 Å². The van der Waals surface area contributed by atoms with Crippen molar-refractivity contribution in [3.8, 4) is 0 Å². The Kier molecular flexibility index (Phi) is 3.69. The molecule has 1 N–H and O–H groups in total. The molecule has 0 saturated heterocycles. The third-order valence-electron chi connectivity index (χ3n) is 3.51. The number of halogens is 4. The van der Waals surface area contributed by atoms with Gasteiger partial charge in [-0.2, -0.15) is 0 Å². The molecule has 0 aliphatic heterocycles. The molecule has 0 aromatic heterocycles. The van der Waals surface area contributed by atoms with Gasteiger partial charge in [-0.05, 0) is 42.2 Å². The summed E-state index contributed by atoms with van der Waals surface area (Å²) in [6.07, 6.45) is 1.78. The molecular weight excluding hydrogens is 348 g/mol. The van der Waals surface area contributed by atoms with Gasteiger partial charge in [0.05, 0.1) is 16.8 Å². The van der Waals surface area contributed by atoms with Gasteiger partial charge in [-0.25, -0.2) is 8.78 Å². The van der Waals surface area contributed by atoms with Crippen molar-refractivity contribution in [2.45, 2.75) is 18.9 Å². The maximum absolute atomic E-state index is 13.8. The Morgan fingerprint density at radius 3 is 2.75 bits per heavy atom.